The molecular formula is C19H22N4O4. The number of carbonyl (C=O) groups excluding carboxylic acids is 1. The van der Waals surface area contributed by atoms with E-state index < -0.39 is 4.92 Å². The van der Waals surface area contributed by atoms with E-state index >= 15 is 0 Å². The van der Waals surface area contributed by atoms with Crippen LogP contribution in [0.5, 0.6) is 0 Å². The van der Waals surface area contributed by atoms with Crippen LogP contribution in [0.4, 0.5) is 5.69 Å². The highest BCUT2D eigenvalue weighted by Crippen LogP contribution is 2.28. The molecule has 2 aliphatic rings. The van der Waals surface area contributed by atoms with Gasteiger partial charge in [0, 0.05) is 48.2 Å². The maximum absolute atomic E-state index is 13.0. The van der Waals surface area contributed by atoms with Crippen LogP contribution in [-0.4, -0.2) is 46.4 Å². The number of nitrogens with one attached hydrogen (secondary N) is 2. The first-order valence-corrected chi connectivity index (χ1v) is 9.35. The van der Waals surface area contributed by atoms with Crippen molar-refractivity contribution in [3.05, 3.63) is 50.3 Å². The molecule has 2 aromatic rings. The van der Waals surface area contributed by atoms with Crippen molar-refractivity contribution in [2.24, 2.45) is 5.92 Å². The van der Waals surface area contributed by atoms with Crippen LogP contribution in [0, 0.1) is 16.0 Å². The number of pyridine rings is 1. The van der Waals surface area contributed by atoms with Gasteiger partial charge in [-0.3, -0.25) is 19.7 Å². The van der Waals surface area contributed by atoms with E-state index in [1.54, 1.807) is 4.90 Å². The van der Waals surface area contributed by atoms with E-state index in [0.29, 0.717) is 30.0 Å². The molecule has 8 heteroatoms. The molecule has 0 bridgehead atoms. The number of amides is 1. The minimum absolute atomic E-state index is 0.105. The molecule has 1 saturated heterocycles. The second kappa shape index (κ2) is 7.11. The fraction of sp³-hybridized carbons (Fsp3) is 0.474. The highest BCUT2D eigenvalue weighted by molar-refractivity contribution is 6.06. The molecule has 1 amide bonds. The van der Waals surface area contributed by atoms with E-state index in [1.165, 1.54) is 37.1 Å². The number of aromatic amines is 1. The van der Waals surface area contributed by atoms with Gasteiger partial charge in [0.15, 0.2) is 0 Å². The number of H-pyrrole nitrogens is 1. The predicted octanol–water partition coefficient (Wildman–Crippen LogP) is 2.04. The third-order valence-corrected chi connectivity index (χ3v) is 5.44. The molecule has 0 unspecified atom stereocenters. The predicted molar refractivity (Wildman–Crippen MR) is 101 cm³/mol. The second-order valence-electron chi connectivity index (χ2n) is 7.45. The summed E-state index contributed by atoms with van der Waals surface area (Å²) in [6, 6.07) is 5.81. The van der Waals surface area contributed by atoms with Gasteiger partial charge in [-0.1, -0.05) is 0 Å². The van der Waals surface area contributed by atoms with Crippen LogP contribution in [0.2, 0.25) is 0 Å². The summed E-state index contributed by atoms with van der Waals surface area (Å²) in [5.74, 6) is 0.579. The van der Waals surface area contributed by atoms with E-state index in [0.717, 1.165) is 25.3 Å². The molecule has 2 heterocycles. The molecule has 1 aliphatic carbocycles. The van der Waals surface area contributed by atoms with Crippen molar-refractivity contribution in [2.75, 3.05) is 19.6 Å². The number of piperidine rings is 1. The van der Waals surface area contributed by atoms with Crippen molar-refractivity contribution >= 4 is 22.5 Å². The number of hydrogen-bond acceptors (Lipinski definition) is 5. The summed E-state index contributed by atoms with van der Waals surface area (Å²) < 4.78 is 0. The molecule has 27 heavy (non-hydrogen) atoms. The van der Waals surface area contributed by atoms with Gasteiger partial charge >= 0.3 is 0 Å². The molecule has 0 atom stereocenters. The van der Waals surface area contributed by atoms with Gasteiger partial charge in [-0.2, -0.15) is 0 Å². The third-order valence-electron chi connectivity index (χ3n) is 5.44. The van der Waals surface area contributed by atoms with Crippen LogP contribution in [0.1, 0.15) is 36.0 Å². The lowest BCUT2D eigenvalue weighted by Gasteiger charge is -2.32. The van der Waals surface area contributed by atoms with E-state index in [1.807, 2.05) is 0 Å². The van der Waals surface area contributed by atoms with Gasteiger partial charge in [0.1, 0.15) is 0 Å². The minimum atomic E-state index is -0.504. The zero-order valence-corrected chi connectivity index (χ0v) is 14.9. The molecule has 142 valence electrons. The Labute approximate surface area is 155 Å². The van der Waals surface area contributed by atoms with Crippen molar-refractivity contribution in [3.8, 4) is 0 Å². The van der Waals surface area contributed by atoms with Crippen LogP contribution in [0.3, 0.4) is 0 Å². The lowest BCUT2D eigenvalue weighted by Crippen LogP contribution is -2.45. The quantitative estimate of drug-likeness (QED) is 0.618. The summed E-state index contributed by atoms with van der Waals surface area (Å²) in [6.45, 7) is 2.29. The monoisotopic (exact) mass is 370 g/mol. The molecule has 1 aromatic carbocycles. The maximum Gasteiger partial charge on any atom is 0.270 e. The molecule has 8 nitrogen and oxygen atoms in total. The van der Waals surface area contributed by atoms with Gasteiger partial charge in [-0.05, 0) is 44.2 Å². The number of aromatic nitrogens is 1. The van der Waals surface area contributed by atoms with Gasteiger partial charge < -0.3 is 15.2 Å². The zero-order chi connectivity index (χ0) is 19.0. The highest BCUT2D eigenvalue weighted by Gasteiger charge is 2.27. The van der Waals surface area contributed by atoms with E-state index in [4.69, 9.17) is 0 Å². The van der Waals surface area contributed by atoms with Gasteiger partial charge in [0.25, 0.3) is 11.6 Å². The number of likely N-dealkylation sites (tertiary alicyclic amines) is 1. The number of fused-ring (bicyclic) bond motifs is 1. The summed E-state index contributed by atoms with van der Waals surface area (Å²) in [4.78, 5) is 39.9. The Morgan fingerprint density at radius 3 is 2.63 bits per heavy atom. The summed E-state index contributed by atoms with van der Waals surface area (Å²) in [7, 11) is 0. The van der Waals surface area contributed by atoms with Crippen molar-refractivity contribution < 1.29 is 9.72 Å². The number of hydrogen-bond donors (Lipinski definition) is 2. The van der Waals surface area contributed by atoms with Crippen LogP contribution in [-0.2, 0) is 0 Å². The third kappa shape index (κ3) is 3.85. The first-order chi connectivity index (χ1) is 13.0. The molecule has 1 aromatic heterocycles. The van der Waals surface area contributed by atoms with E-state index in [2.05, 4.69) is 10.3 Å². The van der Waals surface area contributed by atoms with Crippen molar-refractivity contribution in [1.29, 1.82) is 0 Å². The smallest absolute Gasteiger partial charge is 0.270 e. The molecular weight excluding hydrogens is 348 g/mol. The van der Waals surface area contributed by atoms with Crippen molar-refractivity contribution in [1.82, 2.24) is 15.2 Å². The van der Waals surface area contributed by atoms with Crippen molar-refractivity contribution in [2.45, 2.75) is 31.7 Å². The largest absolute Gasteiger partial charge is 0.339 e. The number of non-ortho nitro benzene ring substituents is 1. The molecule has 0 radical (unpaired) electrons. The standard InChI is InChI=1S/C19H22N4O4/c24-18-10-16(15-9-14(23(26)27)3-4-17(15)21-18)19(25)22-7-5-13(6-8-22)20-11-12-1-2-12/h3-4,9-10,12-13,20H,1-2,5-8,11H2,(H,21,24). The van der Waals surface area contributed by atoms with Gasteiger partial charge in [-0.25, -0.2) is 0 Å². The Morgan fingerprint density at radius 1 is 1.22 bits per heavy atom. The first kappa shape index (κ1) is 17.7. The average molecular weight is 370 g/mol. The normalized spacial score (nSPS) is 18.0. The summed E-state index contributed by atoms with van der Waals surface area (Å²) in [6.07, 6.45) is 4.37. The number of nitro groups is 1. The maximum atomic E-state index is 13.0. The SMILES string of the molecule is O=C(c1cc(=O)[nH]c2ccc([N+](=O)[O-])cc12)N1CCC(NCC2CC2)CC1. The van der Waals surface area contributed by atoms with E-state index in [-0.39, 0.29) is 22.7 Å². The topological polar surface area (TPSA) is 108 Å². The molecule has 2 N–H and O–H groups in total. The number of nitrogens with zero attached hydrogens (tertiary/aromatic N) is 2. The van der Waals surface area contributed by atoms with Crippen LogP contribution < -0.4 is 10.9 Å². The lowest BCUT2D eigenvalue weighted by molar-refractivity contribution is -0.384. The Morgan fingerprint density at radius 2 is 1.96 bits per heavy atom. The lowest BCUT2D eigenvalue weighted by atomic mass is 10.0. The van der Waals surface area contributed by atoms with Crippen LogP contribution in [0.25, 0.3) is 10.9 Å². The zero-order valence-electron chi connectivity index (χ0n) is 14.9. The van der Waals surface area contributed by atoms with Crippen LogP contribution >= 0.6 is 0 Å². The van der Waals surface area contributed by atoms with Gasteiger partial charge in [0.05, 0.1) is 10.5 Å². The molecule has 1 saturated carbocycles. The highest BCUT2D eigenvalue weighted by atomic mass is 16.6. The van der Waals surface area contributed by atoms with E-state index in [9.17, 15) is 19.7 Å². The van der Waals surface area contributed by atoms with Gasteiger partial charge in [-0.15, -0.1) is 0 Å². The molecule has 2 fully saturated rings. The molecule has 4 rings (SSSR count). The fourth-order valence-corrected chi connectivity index (χ4v) is 3.64. The Hall–Kier alpha value is -2.74. The first-order valence-electron chi connectivity index (χ1n) is 9.35. The summed E-state index contributed by atoms with van der Waals surface area (Å²) in [5.41, 5.74) is 0.159. The minimum Gasteiger partial charge on any atom is -0.339 e. The van der Waals surface area contributed by atoms with Crippen molar-refractivity contribution in [3.63, 3.8) is 0 Å². The molecule has 0 spiro atoms. The fourth-order valence-electron chi connectivity index (χ4n) is 3.64. The van der Waals surface area contributed by atoms with Gasteiger partial charge in [0.2, 0.25) is 5.56 Å². The Bertz CT molecular complexity index is 942. The summed E-state index contributed by atoms with van der Waals surface area (Å²) in [5, 5.41) is 15.1. The summed E-state index contributed by atoms with van der Waals surface area (Å²) >= 11 is 0. The second-order valence-corrected chi connectivity index (χ2v) is 7.45. The number of benzene rings is 1. The average Bonchev–Trinajstić information content (AvgIpc) is 3.49. The Balaban J connectivity index is 1.54. The number of rotatable bonds is 5. The van der Waals surface area contributed by atoms with Crippen LogP contribution in [0.15, 0.2) is 29.1 Å². The number of carbonyl (C=O) groups is 1. The Kier molecular flexibility index (Phi) is 4.65. The number of nitro benzene ring substituents is 1. The molecule has 1 aliphatic heterocycles.